The molecule has 0 aliphatic carbocycles. The van der Waals surface area contributed by atoms with Crippen molar-refractivity contribution in [1.82, 2.24) is 0 Å². The first kappa shape index (κ1) is 7.43. The highest BCUT2D eigenvalue weighted by molar-refractivity contribution is 5.53. The van der Waals surface area contributed by atoms with Crippen LogP contribution in [0.5, 0.6) is 5.75 Å². The summed E-state index contributed by atoms with van der Waals surface area (Å²) in [6, 6.07) is 6.04. The highest BCUT2D eigenvalue weighted by atomic mass is 16.5. The molecule has 3 nitrogen and oxygen atoms in total. The molecule has 1 atom stereocenters. The van der Waals surface area contributed by atoms with Crippen LogP contribution in [0.1, 0.15) is 11.6 Å². The smallest absolute Gasteiger partial charge is 0.126 e. The first-order valence-electron chi connectivity index (χ1n) is 4.01. The van der Waals surface area contributed by atoms with Crippen LogP contribution in [0.2, 0.25) is 0 Å². The highest BCUT2D eigenvalue weighted by Gasteiger charge is 2.19. The van der Waals surface area contributed by atoms with Crippen molar-refractivity contribution in [2.45, 2.75) is 6.04 Å². The summed E-state index contributed by atoms with van der Waals surface area (Å²) in [7, 11) is 1.89. The van der Waals surface area contributed by atoms with Gasteiger partial charge in [0.05, 0.1) is 6.04 Å². The Balaban J connectivity index is 2.41. The van der Waals surface area contributed by atoms with Gasteiger partial charge in [0.25, 0.3) is 0 Å². The van der Waals surface area contributed by atoms with Crippen molar-refractivity contribution in [2.75, 3.05) is 19.0 Å². The van der Waals surface area contributed by atoms with E-state index in [1.165, 1.54) is 0 Å². The molecule has 3 heteroatoms. The van der Waals surface area contributed by atoms with Crippen LogP contribution in [0.25, 0.3) is 0 Å². The summed E-state index contributed by atoms with van der Waals surface area (Å²) in [6.07, 6.45) is 0. The number of fused-ring (bicyclic) bond motifs is 1. The molecule has 1 aromatic carbocycles. The zero-order valence-corrected chi connectivity index (χ0v) is 7.00. The van der Waals surface area contributed by atoms with Crippen molar-refractivity contribution in [3.8, 4) is 5.75 Å². The molecule has 0 spiro atoms. The summed E-state index contributed by atoms with van der Waals surface area (Å²) in [5.41, 5.74) is 7.96. The Kier molecular flexibility index (Phi) is 1.66. The van der Waals surface area contributed by atoms with E-state index in [4.69, 9.17) is 10.5 Å². The summed E-state index contributed by atoms with van der Waals surface area (Å²) in [4.78, 5) is 0. The Hall–Kier alpha value is -1.22. The summed E-state index contributed by atoms with van der Waals surface area (Å²) in [5.74, 6) is 0.911. The first-order valence-corrected chi connectivity index (χ1v) is 4.01. The second kappa shape index (κ2) is 2.68. The lowest BCUT2D eigenvalue weighted by molar-refractivity contribution is 0.333. The molecule has 0 amide bonds. The monoisotopic (exact) mass is 164 g/mol. The fraction of sp³-hybridized carbons (Fsp3) is 0.333. The summed E-state index contributed by atoms with van der Waals surface area (Å²) < 4.78 is 5.39. The molecule has 1 unspecified atom stereocenters. The Bertz CT molecular complexity index is 299. The Morgan fingerprint density at radius 1 is 1.58 bits per heavy atom. The standard InChI is InChI=1S/C9H12N2O/c1-11-6-2-3-7-8(10)5-12-9(7)4-6/h2-4,8,11H,5,10H2,1H3. The predicted octanol–water partition coefficient (Wildman–Crippen LogP) is 1.12. The minimum absolute atomic E-state index is 0.0471. The topological polar surface area (TPSA) is 47.3 Å². The van der Waals surface area contributed by atoms with E-state index in [2.05, 4.69) is 5.32 Å². The second-order valence-electron chi connectivity index (χ2n) is 2.92. The van der Waals surface area contributed by atoms with E-state index in [0.29, 0.717) is 6.61 Å². The normalized spacial score (nSPS) is 20.0. The SMILES string of the molecule is CNc1ccc2c(c1)OCC2N. The molecule has 0 bridgehead atoms. The van der Waals surface area contributed by atoms with Crippen molar-refractivity contribution in [3.63, 3.8) is 0 Å². The third-order valence-electron chi connectivity index (χ3n) is 2.12. The van der Waals surface area contributed by atoms with Gasteiger partial charge in [0.15, 0.2) is 0 Å². The minimum atomic E-state index is 0.0471. The van der Waals surface area contributed by atoms with Crippen LogP contribution in [-0.4, -0.2) is 13.7 Å². The highest BCUT2D eigenvalue weighted by Crippen LogP contribution is 2.32. The molecule has 0 radical (unpaired) electrons. The van der Waals surface area contributed by atoms with Gasteiger partial charge in [-0.25, -0.2) is 0 Å². The Morgan fingerprint density at radius 2 is 2.42 bits per heavy atom. The van der Waals surface area contributed by atoms with Crippen molar-refractivity contribution in [3.05, 3.63) is 23.8 Å². The van der Waals surface area contributed by atoms with E-state index in [1.807, 2.05) is 25.2 Å². The number of rotatable bonds is 1. The lowest BCUT2D eigenvalue weighted by Gasteiger charge is -2.03. The maximum absolute atomic E-state index is 5.79. The van der Waals surface area contributed by atoms with Gasteiger partial charge in [0, 0.05) is 24.4 Å². The van der Waals surface area contributed by atoms with E-state index in [-0.39, 0.29) is 6.04 Å². The van der Waals surface area contributed by atoms with Gasteiger partial charge >= 0.3 is 0 Å². The zero-order chi connectivity index (χ0) is 8.55. The largest absolute Gasteiger partial charge is 0.491 e. The van der Waals surface area contributed by atoms with Gasteiger partial charge < -0.3 is 15.8 Å². The fourth-order valence-corrected chi connectivity index (χ4v) is 1.39. The molecule has 1 aliphatic heterocycles. The first-order chi connectivity index (χ1) is 5.81. The van der Waals surface area contributed by atoms with Crippen LogP contribution in [0, 0.1) is 0 Å². The van der Waals surface area contributed by atoms with Gasteiger partial charge in [0.1, 0.15) is 12.4 Å². The van der Waals surface area contributed by atoms with E-state index >= 15 is 0 Å². The van der Waals surface area contributed by atoms with Gasteiger partial charge in [-0.2, -0.15) is 0 Å². The predicted molar refractivity (Wildman–Crippen MR) is 48.4 cm³/mol. The van der Waals surface area contributed by atoms with E-state index in [1.54, 1.807) is 0 Å². The number of nitrogens with one attached hydrogen (secondary N) is 1. The maximum atomic E-state index is 5.79. The number of benzene rings is 1. The van der Waals surface area contributed by atoms with Gasteiger partial charge in [-0.05, 0) is 6.07 Å². The van der Waals surface area contributed by atoms with Crippen LogP contribution in [0.15, 0.2) is 18.2 Å². The number of nitrogens with two attached hydrogens (primary N) is 1. The Morgan fingerprint density at radius 3 is 3.17 bits per heavy atom. The van der Waals surface area contributed by atoms with Gasteiger partial charge in [-0.1, -0.05) is 6.07 Å². The van der Waals surface area contributed by atoms with Crippen molar-refractivity contribution >= 4 is 5.69 Å². The number of hydrogen-bond acceptors (Lipinski definition) is 3. The summed E-state index contributed by atoms with van der Waals surface area (Å²) in [6.45, 7) is 0.600. The van der Waals surface area contributed by atoms with Crippen molar-refractivity contribution in [1.29, 1.82) is 0 Å². The molecule has 64 valence electrons. The van der Waals surface area contributed by atoms with Gasteiger partial charge in [-0.3, -0.25) is 0 Å². The molecule has 1 aromatic rings. The number of anilines is 1. The minimum Gasteiger partial charge on any atom is -0.491 e. The molecule has 0 aromatic heterocycles. The van der Waals surface area contributed by atoms with Crippen LogP contribution in [0.3, 0.4) is 0 Å². The van der Waals surface area contributed by atoms with Crippen LogP contribution in [-0.2, 0) is 0 Å². The van der Waals surface area contributed by atoms with Crippen molar-refractivity contribution < 1.29 is 4.74 Å². The fourth-order valence-electron chi connectivity index (χ4n) is 1.39. The molecule has 12 heavy (non-hydrogen) atoms. The molecule has 0 saturated carbocycles. The maximum Gasteiger partial charge on any atom is 0.126 e. The molecule has 0 saturated heterocycles. The zero-order valence-electron chi connectivity index (χ0n) is 7.00. The molecule has 2 rings (SSSR count). The van der Waals surface area contributed by atoms with Crippen LogP contribution < -0.4 is 15.8 Å². The van der Waals surface area contributed by atoms with E-state index in [0.717, 1.165) is 17.0 Å². The second-order valence-corrected chi connectivity index (χ2v) is 2.92. The third-order valence-corrected chi connectivity index (χ3v) is 2.12. The lowest BCUT2D eigenvalue weighted by Crippen LogP contribution is -2.10. The quantitative estimate of drug-likeness (QED) is 0.654. The van der Waals surface area contributed by atoms with E-state index in [9.17, 15) is 0 Å². The van der Waals surface area contributed by atoms with Gasteiger partial charge in [-0.15, -0.1) is 0 Å². The number of hydrogen-bond donors (Lipinski definition) is 2. The van der Waals surface area contributed by atoms with Crippen LogP contribution >= 0.6 is 0 Å². The summed E-state index contributed by atoms with van der Waals surface area (Å²) in [5, 5.41) is 3.05. The average Bonchev–Trinajstić information content (AvgIpc) is 2.47. The molecular formula is C9H12N2O. The third kappa shape index (κ3) is 1.02. The van der Waals surface area contributed by atoms with Crippen LogP contribution in [0.4, 0.5) is 5.69 Å². The molecular weight excluding hydrogens is 152 g/mol. The average molecular weight is 164 g/mol. The lowest BCUT2D eigenvalue weighted by atomic mass is 10.1. The number of ether oxygens (including phenoxy) is 1. The Labute approximate surface area is 71.5 Å². The molecule has 0 fully saturated rings. The molecule has 3 N–H and O–H groups in total. The molecule has 1 aliphatic rings. The van der Waals surface area contributed by atoms with Crippen molar-refractivity contribution in [2.24, 2.45) is 5.73 Å². The molecule has 1 heterocycles. The van der Waals surface area contributed by atoms with E-state index < -0.39 is 0 Å². The van der Waals surface area contributed by atoms with Gasteiger partial charge in [0.2, 0.25) is 0 Å². The summed E-state index contributed by atoms with van der Waals surface area (Å²) >= 11 is 0.